The molecule has 1 aliphatic heterocycles. The second-order valence-electron chi connectivity index (χ2n) is 7.13. The first-order valence-corrected chi connectivity index (χ1v) is 10.0. The molecular formula is C22H13ClN4O7. The van der Waals surface area contributed by atoms with Crippen molar-refractivity contribution in [1.29, 1.82) is 0 Å². The molecule has 1 aliphatic rings. The van der Waals surface area contributed by atoms with Crippen LogP contribution in [0.4, 0.5) is 11.4 Å². The fourth-order valence-corrected chi connectivity index (χ4v) is 3.71. The van der Waals surface area contributed by atoms with Crippen molar-refractivity contribution in [2.24, 2.45) is 0 Å². The van der Waals surface area contributed by atoms with Gasteiger partial charge in [-0.25, -0.2) is 5.01 Å². The number of imide groups is 1. The normalized spacial score (nSPS) is 12.4. The molecule has 0 spiro atoms. The summed E-state index contributed by atoms with van der Waals surface area (Å²) in [6.07, 6.45) is 0. The molecule has 0 aliphatic carbocycles. The number of nitro groups is 2. The van der Waals surface area contributed by atoms with Gasteiger partial charge < -0.3 is 0 Å². The minimum atomic E-state index is -1.09. The van der Waals surface area contributed by atoms with Gasteiger partial charge in [-0.3, -0.25) is 34.6 Å². The van der Waals surface area contributed by atoms with Crippen molar-refractivity contribution in [3.63, 3.8) is 0 Å². The van der Waals surface area contributed by atoms with Gasteiger partial charge in [-0.1, -0.05) is 35.9 Å². The molecule has 12 heteroatoms. The zero-order valence-electron chi connectivity index (χ0n) is 17.1. The summed E-state index contributed by atoms with van der Waals surface area (Å²) in [5, 5.41) is 24.5. The minimum absolute atomic E-state index is 0.0361. The van der Waals surface area contributed by atoms with Crippen LogP contribution in [0.3, 0.4) is 0 Å². The number of carbonyl (C=O) groups is 3. The van der Waals surface area contributed by atoms with Gasteiger partial charge >= 0.3 is 0 Å². The van der Waals surface area contributed by atoms with Gasteiger partial charge in [-0.15, -0.1) is 0 Å². The number of amides is 3. The zero-order valence-corrected chi connectivity index (χ0v) is 17.8. The summed E-state index contributed by atoms with van der Waals surface area (Å²) in [6, 6.07) is 14.6. The van der Waals surface area contributed by atoms with Gasteiger partial charge in [-0.05, 0) is 30.3 Å². The predicted molar refractivity (Wildman–Crippen MR) is 118 cm³/mol. The Morgan fingerprint density at radius 1 is 0.853 bits per heavy atom. The maximum absolute atomic E-state index is 13.4. The molecule has 11 nitrogen and oxygen atoms in total. The number of fused-ring (bicyclic) bond motifs is 1. The van der Waals surface area contributed by atoms with Crippen molar-refractivity contribution in [3.05, 3.63) is 114 Å². The number of carbonyl (C=O) groups excluding carboxylic acids is 3. The van der Waals surface area contributed by atoms with E-state index >= 15 is 0 Å². The molecule has 1 heterocycles. The number of rotatable bonds is 6. The molecule has 170 valence electrons. The number of nitro benzene ring substituents is 2. The lowest BCUT2D eigenvalue weighted by atomic mass is 10.1. The van der Waals surface area contributed by atoms with Crippen LogP contribution in [0.5, 0.6) is 0 Å². The summed E-state index contributed by atoms with van der Waals surface area (Å²) < 4.78 is 0. The number of benzene rings is 3. The van der Waals surface area contributed by atoms with Crippen LogP contribution in [0.25, 0.3) is 0 Å². The Labute approximate surface area is 196 Å². The summed E-state index contributed by atoms with van der Waals surface area (Å²) in [4.78, 5) is 61.3. The molecule has 3 amide bonds. The van der Waals surface area contributed by atoms with E-state index in [9.17, 15) is 34.6 Å². The molecule has 0 fully saturated rings. The third-order valence-corrected chi connectivity index (χ3v) is 5.40. The fourth-order valence-electron chi connectivity index (χ4n) is 3.59. The summed E-state index contributed by atoms with van der Waals surface area (Å²) in [6.45, 7) is -0.530. The standard InChI is InChI=1S/C22H13ClN4O7/c23-15-10-8-13(9-11-15)20(28)24(12-14-4-1-2-6-17(14)26(31)32)25-21(29)16-5-3-7-18(27(33)34)19(16)22(25)30/h1-11H,12H2. The van der Waals surface area contributed by atoms with Crippen LogP contribution in [-0.4, -0.2) is 37.6 Å². The van der Waals surface area contributed by atoms with Crippen molar-refractivity contribution < 1.29 is 24.2 Å². The largest absolute Gasteiger partial charge is 0.287 e. The van der Waals surface area contributed by atoms with Crippen LogP contribution < -0.4 is 0 Å². The third-order valence-electron chi connectivity index (χ3n) is 5.14. The second kappa shape index (κ2) is 8.71. The van der Waals surface area contributed by atoms with E-state index in [-0.39, 0.29) is 22.4 Å². The number of hydrogen-bond donors (Lipinski definition) is 0. The van der Waals surface area contributed by atoms with Crippen LogP contribution in [0.15, 0.2) is 66.7 Å². The lowest BCUT2D eigenvalue weighted by Crippen LogP contribution is -2.49. The number of hydrazine groups is 1. The highest BCUT2D eigenvalue weighted by molar-refractivity contribution is 6.30. The molecule has 3 aromatic carbocycles. The highest BCUT2D eigenvalue weighted by Gasteiger charge is 2.46. The molecule has 0 unspecified atom stereocenters. The molecule has 34 heavy (non-hydrogen) atoms. The van der Waals surface area contributed by atoms with E-state index in [1.807, 2.05) is 0 Å². The molecule has 0 saturated carbocycles. The molecule has 0 saturated heterocycles. The summed E-state index contributed by atoms with van der Waals surface area (Å²) in [7, 11) is 0. The Hall–Kier alpha value is -4.64. The average molecular weight is 481 g/mol. The van der Waals surface area contributed by atoms with E-state index in [0.29, 0.717) is 10.0 Å². The first-order chi connectivity index (χ1) is 16.2. The van der Waals surface area contributed by atoms with Gasteiger partial charge in [-0.2, -0.15) is 5.01 Å². The van der Waals surface area contributed by atoms with E-state index < -0.39 is 45.4 Å². The first-order valence-electron chi connectivity index (χ1n) is 9.66. The Morgan fingerprint density at radius 2 is 1.47 bits per heavy atom. The average Bonchev–Trinajstić information content (AvgIpc) is 3.07. The van der Waals surface area contributed by atoms with Crippen LogP contribution in [0, 0.1) is 20.2 Å². The summed E-state index contributed by atoms with van der Waals surface area (Å²) in [5.41, 5.74) is -1.57. The van der Waals surface area contributed by atoms with Crippen molar-refractivity contribution in [2.75, 3.05) is 0 Å². The first kappa shape index (κ1) is 22.6. The van der Waals surface area contributed by atoms with Crippen molar-refractivity contribution in [1.82, 2.24) is 10.0 Å². The lowest BCUT2D eigenvalue weighted by Gasteiger charge is -2.30. The lowest BCUT2D eigenvalue weighted by molar-refractivity contribution is -0.385. The van der Waals surface area contributed by atoms with Crippen LogP contribution in [0.1, 0.15) is 36.6 Å². The van der Waals surface area contributed by atoms with E-state index in [1.165, 1.54) is 60.7 Å². The molecule has 0 bridgehead atoms. The number of para-hydroxylation sites is 1. The number of halogens is 1. The Kier molecular flexibility index (Phi) is 5.78. The van der Waals surface area contributed by atoms with Gasteiger partial charge in [0.1, 0.15) is 5.56 Å². The molecular weight excluding hydrogens is 468 g/mol. The quantitative estimate of drug-likeness (QED) is 0.294. The van der Waals surface area contributed by atoms with E-state index in [4.69, 9.17) is 11.6 Å². The van der Waals surface area contributed by atoms with Crippen LogP contribution in [0.2, 0.25) is 5.02 Å². The van der Waals surface area contributed by atoms with Crippen molar-refractivity contribution >= 4 is 40.7 Å². The smallest absolute Gasteiger partial charge is 0.267 e. The van der Waals surface area contributed by atoms with Gasteiger partial charge in [0.2, 0.25) is 0 Å². The summed E-state index contributed by atoms with van der Waals surface area (Å²) in [5.74, 6) is -2.90. The van der Waals surface area contributed by atoms with Gasteiger partial charge in [0.25, 0.3) is 29.1 Å². The van der Waals surface area contributed by atoms with E-state index in [0.717, 1.165) is 11.1 Å². The molecule has 0 atom stereocenters. The third kappa shape index (κ3) is 3.84. The van der Waals surface area contributed by atoms with Gasteiger partial charge in [0.05, 0.1) is 27.5 Å². The second-order valence-corrected chi connectivity index (χ2v) is 7.57. The number of hydrogen-bond acceptors (Lipinski definition) is 7. The molecule has 0 radical (unpaired) electrons. The summed E-state index contributed by atoms with van der Waals surface area (Å²) >= 11 is 5.88. The predicted octanol–water partition coefficient (Wildman–Crippen LogP) is 4.01. The van der Waals surface area contributed by atoms with Crippen molar-refractivity contribution in [3.8, 4) is 0 Å². The van der Waals surface area contributed by atoms with Crippen molar-refractivity contribution in [2.45, 2.75) is 6.54 Å². The number of nitrogens with zero attached hydrogens (tertiary/aromatic N) is 4. The topological polar surface area (TPSA) is 144 Å². The molecule has 0 N–H and O–H groups in total. The van der Waals surface area contributed by atoms with E-state index in [2.05, 4.69) is 0 Å². The zero-order chi connectivity index (χ0) is 24.6. The SMILES string of the molecule is O=C(c1ccc(Cl)cc1)N(Cc1ccccc1[N+](=O)[O-])N1C(=O)c2cccc([N+](=O)[O-])c2C1=O. The monoisotopic (exact) mass is 480 g/mol. The maximum Gasteiger partial charge on any atom is 0.287 e. The highest BCUT2D eigenvalue weighted by Crippen LogP contribution is 2.33. The fraction of sp³-hybridized carbons (Fsp3) is 0.0455. The highest BCUT2D eigenvalue weighted by atomic mass is 35.5. The van der Waals surface area contributed by atoms with Gasteiger partial charge in [0.15, 0.2) is 0 Å². The molecule has 0 aromatic heterocycles. The molecule has 3 aromatic rings. The Balaban J connectivity index is 1.84. The van der Waals surface area contributed by atoms with Gasteiger partial charge in [0, 0.05) is 22.7 Å². The van der Waals surface area contributed by atoms with Crippen LogP contribution in [-0.2, 0) is 6.54 Å². The Morgan fingerprint density at radius 3 is 2.12 bits per heavy atom. The van der Waals surface area contributed by atoms with E-state index in [1.54, 1.807) is 0 Å². The maximum atomic E-state index is 13.4. The minimum Gasteiger partial charge on any atom is -0.267 e. The Bertz CT molecular complexity index is 1370. The molecule has 4 rings (SSSR count). The van der Waals surface area contributed by atoms with Crippen LogP contribution >= 0.6 is 11.6 Å².